The summed E-state index contributed by atoms with van der Waals surface area (Å²) < 4.78 is 7.35. The number of imidazole rings is 1. The number of nitrogens with one attached hydrogen (secondary N) is 1. The number of carbonyl (C=O) groups is 1. The van der Waals surface area contributed by atoms with Gasteiger partial charge in [0, 0.05) is 27.1 Å². The van der Waals surface area contributed by atoms with E-state index in [0.717, 1.165) is 36.6 Å². The Bertz CT molecular complexity index is 969. The van der Waals surface area contributed by atoms with Crippen LogP contribution in [0.3, 0.4) is 0 Å². The second-order valence-electron chi connectivity index (χ2n) is 8.71. The lowest BCUT2D eigenvalue weighted by atomic mass is 9.96. The summed E-state index contributed by atoms with van der Waals surface area (Å²) in [6.07, 6.45) is 9.79. The molecule has 2 aromatic rings. The lowest BCUT2D eigenvalue weighted by Crippen LogP contribution is -2.23. The zero-order chi connectivity index (χ0) is 21.6. The molecule has 2 heterocycles. The lowest BCUT2D eigenvalue weighted by molar-refractivity contribution is 0.0808. The maximum Gasteiger partial charge on any atom is 0.291 e. The number of allylic oxidation sites excluding steroid dienone is 2. The van der Waals surface area contributed by atoms with E-state index in [4.69, 9.17) is 4.74 Å². The van der Waals surface area contributed by atoms with Crippen molar-refractivity contribution in [3.05, 3.63) is 47.8 Å². The summed E-state index contributed by atoms with van der Waals surface area (Å²) in [6, 6.07) is 6.68. The largest absolute Gasteiger partial charge is 0.361 e. The van der Waals surface area contributed by atoms with Crippen molar-refractivity contribution in [2.45, 2.75) is 58.1 Å². The van der Waals surface area contributed by atoms with Crippen LogP contribution in [0.4, 0.5) is 5.69 Å². The van der Waals surface area contributed by atoms with Crippen molar-refractivity contribution in [3.8, 4) is 6.07 Å². The molecule has 0 aliphatic heterocycles. The molecule has 1 N–H and O–H groups in total. The fourth-order valence-corrected chi connectivity index (χ4v) is 4.04. The number of ether oxygens (including phenoxy) is 1. The Morgan fingerprint density at radius 2 is 2.20 bits per heavy atom. The van der Waals surface area contributed by atoms with E-state index in [1.807, 2.05) is 12.1 Å². The van der Waals surface area contributed by atoms with Gasteiger partial charge in [-0.25, -0.2) is 4.98 Å². The molecule has 1 amide bonds. The highest BCUT2D eigenvalue weighted by molar-refractivity contribution is 6.76. The van der Waals surface area contributed by atoms with Crippen LogP contribution in [0.15, 0.2) is 30.6 Å². The number of amides is 1. The minimum absolute atomic E-state index is 0.159. The third-order valence-corrected chi connectivity index (χ3v) is 6.68. The van der Waals surface area contributed by atoms with E-state index in [-0.39, 0.29) is 24.2 Å². The fourth-order valence-electron chi connectivity index (χ4n) is 3.28. The molecule has 0 unspecified atom stereocenters. The Hall–Kier alpha value is -2.76. The Morgan fingerprint density at radius 1 is 1.37 bits per heavy atom. The zero-order valence-electron chi connectivity index (χ0n) is 17.9. The molecule has 0 aromatic carbocycles. The number of pyridine rings is 1. The molecule has 0 fully saturated rings. The molecule has 7 nitrogen and oxygen atoms in total. The molecule has 30 heavy (non-hydrogen) atoms. The Balaban J connectivity index is 1.75. The van der Waals surface area contributed by atoms with Crippen molar-refractivity contribution in [1.82, 2.24) is 14.5 Å². The van der Waals surface area contributed by atoms with Gasteiger partial charge in [0.25, 0.3) is 5.91 Å². The number of aromatic nitrogens is 3. The average molecular weight is 424 g/mol. The molecule has 0 spiro atoms. The van der Waals surface area contributed by atoms with Gasteiger partial charge < -0.3 is 14.6 Å². The van der Waals surface area contributed by atoms with E-state index < -0.39 is 8.07 Å². The third-order valence-electron chi connectivity index (χ3n) is 4.97. The Morgan fingerprint density at radius 3 is 2.90 bits per heavy atom. The van der Waals surface area contributed by atoms with Crippen molar-refractivity contribution < 1.29 is 9.53 Å². The van der Waals surface area contributed by atoms with Crippen molar-refractivity contribution in [3.63, 3.8) is 0 Å². The molecule has 0 atom stereocenters. The Kier molecular flexibility index (Phi) is 7.18. The zero-order valence-corrected chi connectivity index (χ0v) is 18.9. The molecule has 2 aromatic heterocycles. The maximum absolute atomic E-state index is 13.0. The van der Waals surface area contributed by atoms with E-state index in [9.17, 15) is 10.1 Å². The van der Waals surface area contributed by atoms with E-state index in [1.165, 1.54) is 6.42 Å². The summed E-state index contributed by atoms with van der Waals surface area (Å²) in [7, 11) is -1.20. The van der Waals surface area contributed by atoms with Crippen LogP contribution in [0.2, 0.25) is 25.7 Å². The van der Waals surface area contributed by atoms with E-state index >= 15 is 0 Å². The predicted octanol–water partition coefficient (Wildman–Crippen LogP) is 4.67. The van der Waals surface area contributed by atoms with Gasteiger partial charge in [-0.3, -0.25) is 9.78 Å². The summed E-state index contributed by atoms with van der Waals surface area (Å²) in [5, 5.41) is 12.2. The van der Waals surface area contributed by atoms with Gasteiger partial charge in [0.2, 0.25) is 5.82 Å². The van der Waals surface area contributed by atoms with Crippen LogP contribution in [0.25, 0.3) is 5.57 Å². The van der Waals surface area contributed by atoms with Gasteiger partial charge in [0.05, 0.1) is 11.4 Å². The molecule has 0 bridgehead atoms. The van der Waals surface area contributed by atoms with Crippen LogP contribution in [-0.4, -0.2) is 35.1 Å². The third kappa shape index (κ3) is 5.87. The standard InChI is InChI=1S/C22H29N5O2Si/c1-30(2,3)13-12-29-16-27-15-18(14-23)25-21(27)22(28)26-19-10-7-11-24-20(19)17-8-5-4-6-9-17/h7-8,10-11,15H,4-6,9,12-13,16H2,1-3H3,(H,26,28). The summed E-state index contributed by atoms with van der Waals surface area (Å²) >= 11 is 0. The molecule has 3 rings (SSSR count). The molecular formula is C22H29N5O2Si. The number of nitriles is 1. The predicted molar refractivity (Wildman–Crippen MR) is 120 cm³/mol. The first kappa shape index (κ1) is 21.9. The molecule has 0 saturated heterocycles. The highest BCUT2D eigenvalue weighted by Gasteiger charge is 2.20. The van der Waals surface area contributed by atoms with E-state index in [1.54, 1.807) is 23.0 Å². The molecule has 1 aliphatic carbocycles. The van der Waals surface area contributed by atoms with Crippen LogP contribution < -0.4 is 5.32 Å². The second-order valence-corrected chi connectivity index (χ2v) is 14.3. The highest BCUT2D eigenvalue weighted by atomic mass is 28.3. The van der Waals surface area contributed by atoms with Crippen LogP contribution >= 0.6 is 0 Å². The van der Waals surface area contributed by atoms with E-state index in [0.29, 0.717) is 12.3 Å². The van der Waals surface area contributed by atoms with Crippen molar-refractivity contribution in [2.75, 3.05) is 11.9 Å². The smallest absolute Gasteiger partial charge is 0.291 e. The molecular weight excluding hydrogens is 394 g/mol. The van der Waals surface area contributed by atoms with Gasteiger partial charge in [0.15, 0.2) is 5.69 Å². The number of hydrogen-bond acceptors (Lipinski definition) is 5. The molecule has 8 heteroatoms. The second kappa shape index (κ2) is 9.83. The molecule has 158 valence electrons. The van der Waals surface area contributed by atoms with Gasteiger partial charge in [-0.2, -0.15) is 5.26 Å². The van der Waals surface area contributed by atoms with Crippen LogP contribution in [0.1, 0.15) is 47.7 Å². The molecule has 0 saturated carbocycles. The number of anilines is 1. The maximum atomic E-state index is 13.0. The van der Waals surface area contributed by atoms with Gasteiger partial charge in [0.1, 0.15) is 12.8 Å². The van der Waals surface area contributed by atoms with Crippen molar-refractivity contribution >= 4 is 25.2 Å². The van der Waals surface area contributed by atoms with Crippen LogP contribution in [0, 0.1) is 11.3 Å². The highest BCUT2D eigenvalue weighted by Crippen LogP contribution is 2.30. The number of rotatable bonds is 8. The number of hydrogen-bond donors (Lipinski definition) is 1. The minimum atomic E-state index is -1.20. The first-order chi connectivity index (χ1) is 14.4. The summed E-state index contributed by atoms with van der Waals surface area (Å²) in [4.78, 5) is 21.7. The summed E-state index contributed by atoms with van der Waals surface area (Å²) in [5.41, 5.74) is 2.81. The fraction of sp³-hybridized carbons (Fsp3) is 0.455. The number of carbonyl (C=O) groups excluding carboxylic acids is 1. The minimum Gasteiger partial charge on any atom is -0.361 e. The Labute approximate surface area is 178 Å². The molecule has 1 aliphatic rings. The van der Waals surface area contributed by atoms with Gasteiger partial charge in [-0.1, -0.05) is 25.7 Å². The van der Waals surface area contributed by atoms with E-state index in [2.05, 4.69) is 41.0 Å². The number of nitrogens with zero attached hydrogens (tertiary/aromatic N) is 4. The normalized spacial score (nSPS) is 14.1. The first-order valence-electron chi connectivity index (χ1n) is 10.4. The first-order valence-corrected chi connectivity index (χ1v) is 14.1. The van der Waals surface area contributed by atoms with Crippen molar-refractivity contribution in [1.29, 1.82) is 5.26 Å². The van der Waals surface area contributed by atoms with Crippen molar-refractivity contribution in [2.24, 2.45) is 0 Å². The topological polar surface area (TPSA) is 92.8 Å². The molecule has 0 radical (unpaired) electrons. The van der Waals surface area contributed by atoms with Crippen LogP contribution in [0.5, 0.6) is 0 Å². The lowest BCUT2D eigenvalue weighted by Gasteiger charge is -2.17. The van der Waals surface area contributed by atoms with Crippen LogP contribution in [-0.2, 0) is 11.5 Å². The van der Waals surface area contributed by atoms with Gasteiger partial charge in [-0.05, 0) is 49.4 Å². The SMILES string of the molecule is C[Si](C)(C)CCOCn1cc(C#N)nc1C(=O)Nc1cccnc1C1=CCCCC1. The van der Waals surface area contributed by atoms with Gasteiger partial charge >= 0.3 is 0 Å². The monoisotopic (exact) mass is 423 g/mol. The average Bonchev–Trinajstić information content (AvgIpc) is 3.15. The summed E-state index contributed by atoms with van der Waals surface area (Å²) in [6.45, 7) is 7.67. The van der Waals surface area contributed by atoms with Gasteiger partial charge in [-0.15, -0.1) is 0 Å². The quantitative estimate of drug-likeness (QED) is 0.492. The summed E-state index contributed by atoms with van der Waals surface area (Å²) in [5.74, 6) is -0.220.